The average molecular weight is 751 g/mol. The molecule has 1 aliphatic rings. The number of hydrogen-bond donors (Lipinski definition) is 3. The molecule has 4 aromatic rings. The van der Waals surface area contributed by atoms with Crippen molar-refractivity contribution in [1.29, 1.82) is 0 Å². The molecule has 0 unspecified atom stereocenters. The molecular formula is C35H43IN8O3. The maximum absolute atomic E-state index is 13.1. The van der Waals surface area contributed by atoms with Crippen LogP contribution in [0.15, 0.2) is 79.3 Å². The number of benzene rings is 2. The van der Waals surface area contributed by atoms with Gasteiger partial charge < -0.3 is 44.7 Å². The number of aromatic nitrogens is 3. The number of piperazine rings is 1. The Morgan fingerprint density at radius 1 is 1.04 bits per heavy atom. The number of rotatable bonds is 11. The number of anilines is 3. The first-order chi connectivity index (χ1) is 22.2. The predicted molar refractivity (Wildman–Crippen MR) is 180 cm³/mol. The number of pyridine rings is 1. The second kappa shape index (κ2) is 16.6. The molecule has 1 fully saturated rings. The molecule has 3 N–H and O–H groups in total. The summed E-state index contributed by atoms with van der Waals surface area (Å²) in [5, 5.41) is 9.15. The minimum Gasteiger partial charge on any atom is -1.00 e. The van der Waals surface area contributed by atoms with Gasteiger partial charge in [-0.1, -0.05) is 25.1 Å². The first-order valence-electron chi connectivity index (χ1n) is 15.7. The normalized spacial score (nSPS) is 14.7. The molecule has 1 saturated heterocycles. The van der Waals surface area contributed by atoms with Crippen molar-refractivity contribution in [3.63, 3.8) is 0 Å². The van der Waals surface area contributed by atoms with Gasteiger partial charge in [-0.25, -0.2) is 14.8 Å². The lowest BCUT2D eigenvalue weighted by Crippen LogP contribution is -3.00. The number of ether oxygens (including phenoxy) is 1. The van der Waals surface area contributed by atoms with E-state index in [0.717, 1.165) is 67.2 Å². The lowest BCUT2D eigenvalue weighted by Gasteiger charge is -2.41. The second-order valence-corrected chi connectivity index (χ2v) is 12.2. The molecular weight excluding hydrogens is 707 g/mol. The fraction of sp³-hybridized carbons (Fsp3) is 0.343. The van der Waals surface area contributed by atoms with Crippen LogP contribution < -0.4 is 39.9 Å². The summed E-state index contributed by atoms with van der Waals surface area (Å²) in [5.41, 5.74) is 5.86. The Morgan fingerprint density at radius 3 is 2.51 bits per heavy atom. The summed E-state index contributed by atoms with van der Waals surface area (Å²) in [5.74, 6) is 0.276. The highest BCUT2D eigenvalue weighted by atomic mass is 127. The average Bonchev–Trinajstić information content (AvgIpc) is 3.07. The number of aryl methyl sites for hydroxylation is 1. The fourth-order valence-electron chi connectivity index (χ4n) is 5.11. The summed E-state index contributed by atoms with van der Waals surface area (Å²) in [6, 6.07) is 19.2. The summed E-state index contributed by atoms with van der Waals surface area (Å²) >= 11 is 0. The number of hydrogen-bond acceptors (Lipinski definition) is 8. The van der Waals surface area contributed by atoms with E-state index in [2.05, 4.69) is 42.8 Å². The fourth-order valence-corrected chi connectivity index (χ4v) is 5.11. The van der Waals surface area contributed by atoms with Crippen LogP contribution in [-0.2, 0) is 11.3 Å². The van der Waals surface area contributed by atoms with Crippen LogP contribution in [0.1, 0.15) is 41.8 Å². The van der Waals surface area contributed by atoms with E-state index in [0.29, 0.717) is 28.4 Å². The molecule has 0 bridgehead atoms. The lowest BCUT2D eigenvalue weighted by molar-refractivity contribution is -0.929. The minimum absolute atomic E-state index is 0. The number of quaternary nitrogens is 1. The number of alkyl carbamates (subject to hydrolysis) is 1. The number of likely N-dealkylation sites (N-methyl/N-ethyl adjacent to an activating group) is 1. The summed E-state index contributed by atoms with van der Waals surface area (Å²) in [7, 11) is 2.13. The molecule has 248 valence electrons. The third-order valence-corrected chi connectivity index (χ3v) is 8.37. The van der Waals surface area contributed by atoms with E-state index in [9.17, 15) is 9.59 Å². The maximum atomic E-state index is 13.1. The molecule has 0 aliphatic carbocycles. The summed E-state index contributed by atoms with van der Waals surface area (Å²) < 4.78 is 6.20. The Bertz CT molecular complexity index is 1630. The molecule has 12 heteroatoms. The van der Waals surface area contributed by atoms with Crippen molar-refractivity contribution in [1.82, 2.24) is 25.2 Å². The van der Waals surface area contributed by atoms with Crippen LogP contribution in [0.3, 0.4) is 0 Å². The van der Waals surface area contributed by atoms with Crippen LogP contribution in [0.25, 0.3) is 11.3 Å². The highest BCUT2D eigenvalue weighted by molar-refractivity contribution is 6.04. The molecule has 2 amide bonds. The minimum atomic E-state index is -0.350. The van der Waals surface area contributed by atoms with Crippen LogP contribution in [-0.4, -0.2) is 82.3 Å². The van der Waals surface area contributed by atoms with Crippen LogP contribution in [0.5, 0.6) is 0 Å². The van der Waals surface area contributed by atoms with E-state index < -0.39 is 0 Å². The Kier molecular flexibility index (Phi) is 12.6. The number of nitrogens with zero attached hydrogens (tertiary/aromatic N) is 5. The van der Waals surface area contributed by atoms with Gasteiger partial charge in [-0.2, -0.15) is 0 Å². The molecule has 2 aromatic heterocycles. The van der Waals surface area contributed by atoms with E-state index in [1.165, 1.54) is 0 Å². The number of nitrogens with one attached hydrogen (secondary N) is 3. The van der Waals surface area contributed by atoms with Crippen molar-refractivity contribution in [2.75, 3.05) is 50.6 Å². The van der Waals surface area contributed by atoms with Gasteiger partial charge >= 0.3 is 6.09 Å². The standard InChI is InChI=1S/C35H42N8O3.HI/c1-5-26(3)38-35(45)46-24-43(4)19-17-42(18-20-43)23-27-9-11-28(12-10-27)33(44)39-30-13-8-25(2)32(21-30)41-34-37-16-14-31(40-34)29-7-6-15-36-22-29;/h6-16,21-22,26H,5,17-20,23-24H2,1-4H3,(H2-,37,38,39,40,41,44,45);1H/t26-;/m1./s1. The summed E-state index contributed by atoms with van der Waals surface area (Å²) in [6.45, 7) is 10.7. The molecule has 2 aromatic carbocycles. The monoisotopic (exact) mass is 750 g/mol. The zero-order chi connectivity index (χ0) is 32.5. The SMILES string of the molecule is CC[C@@H](C)NC(=O)OC[N+]1(C)CCN(Cc2ccc(C(=O)Nc3ccc(C)c(Nc4nccc(-c5cccnc5)n4)c3)cc2)CC1.[I-]. The van der Waals surface area contributed by atoms with Crippen molar-refractivity contribution in [2.24, 2.45) is 0 Å². The van der Waals surface area contributed by atoms with Gasteiger partial charge in [0.05, 0.1) is 25.8 Å². The Morgan fingerprint density at radius 2 is 1.81 bits per heavy atom. The van der Waals surface area contributed by atoms with E-state index in [-0.39, 0.29) is 42.0 Å². The maximum Gasteiger partial charge on any atom is 0.411 e. The molecule has 3 heterocycles. The highest BCUT2D eigenvalue weighted by Gasteiger charge is 2.30. The number of carbonyl (C=O) groups is 2. The van der Waals surface area contributed by atoms with Crippen LogP contribution in [0.4, 0.5) is 22.1 Å². The van der Waals surface area contributed by atoms with Gasteiger partial charge in [0.15, 0.2) is 0 Å². The zero-order valence-electron chi connectivity index (χ0n) is 27.4. The van der Waals surface area contributed by atoms with Gasteiger partial charge in [-0.15, -0.1) is 0 Å². The van der Waals surface area contributed by atoms with Gasteiger partial charge in [0.25, 0.3) is 5.91 Å². The van der Waals surface area contributed by atoms with Crippen molar-refractivity contribution < 1.29 is 42.8 Å². The molecule has 1 aliphatic heterocycles. The number of halogens is 1. The third kappa shape index (κ3) is 10.2. The molecule has 47 heavy (non-hydrogen) atoms. The van der Waals surface area contributed by atoms with Gasteiger partial charge in [-0.3, -0.25) is 19.2 Å². The molecule has 5 rings (SSSR count). The second-order valence-electron chi connectivity index (χ2n) is 12.2. The Hall–Kier alpha value is -4.14. The summed E-state index contributed by atoms with van der Waals surface area (Å²) in [6.07, 6.45) is 5.71. The molecule has 11 nitrogen and oxygen atoms in total. The van der Waals surface area contributed by atoms with E-state index >= 15 is 0 Å². The van der Waals surface area contributed by atoms with Gasteiger partial charge in [0.2, 0.25) is 12.7 Å². The van der Waals surface area contributed by atoms with Gasteiger partial charge in [0, 0.05) is 66.8 Å². The van der Waals surface area contributed by atoms with Crippen molar-refractivity contribution in [3.05, 3.63) is 95.9 Å². The van der Waals surface area contributed by atoms with Crippen molar-refractivity contribution in [3.8, 4) is 11.3 Å². The van der Waals surface area contributed by atoms with E-state index in [1.54, 1.807) is 18.6 Å². The van der Waals surface area contributed by atoms with Crippen molar-refractivity contribution in [2.45, 2.75) is 39.8 Å². The molecule has 0 spiro atoms. The number of carbonyl (C=O) groups excluding carboxylic acids is 2. The first kappa shape index (κ1) is 35.7. The molecule has 1 atom stereocenters. The largest absolute Gasteiger partial charge is 1.00 e. The lowest BCUT2D eigenvalue weighted by atomic mass is 10.1. The predicted octanol–water partition coefficient (Wildman–Crippen LogP) is 2.59. The van der Waals surface area contributed by atoms with Crippen LogP contribution >= 0.6 is 0 Å². The van der Waals surface area contributed by atoms with E-state index in [1.807, 2.05) is 81.4 Å². The smallest absolute Gasteiger partial charge is 0.411 e. The zero-order valence-corrected chi connectivity index (χ0v) is 29.5. The van der Waals surface area contributed by atoms with Crippen molar-refractivity contribution >= 4 is 29.3 Å². The summed E-state index contributed by atoms with van der Waals surface area (Å²) in [4.78, 5) is 40.7. The Balaban J connectivity index is 0.00000500. The van der Waals surface area contributed by atoms with E-state index in [4.69, 9.17) is 4.74 Å². The quantitative estimate of drug-likeness (QED) is 0.158. The van der Waals surface area contributed by atoms with Crippen LogP contribution in [0, 0.1) is 6.92 Å². The highest BCUT2D eigenvalue weighted by Crippen LogP contribution is 2.25. The topological polar surface area (TPSA) is 121 Å². The molecule has 0 saturated carbocycles. The van der Waals surface area contributed by atoms with Gasteiger partial charge in [-0.05, 0) is 73.9 Å². The third-order valence-electron chi connectivity index (χ3n) is 8.37. The van der Waals surface area contributed by atoms with Gasteiger partial charge in [0.1, 0.15) is 0 Å². The van der Waals surface area contributed by atoms with Crippen LogP contribution in [0.2, 0.25) is 0 Å². The first-order valence-corrected chi connectivity index (χ1v) is 15.7. The molecule has 0 radical (unpaired) electrons. The Labute approximate surface area is 293 Å². The number of amides is 2.